The van der Waals surface area contributed by atoms with Crippen LogP contribution < -0.4 is 0 Å². The van der Waals surface area contributed by atoms with Crippen LogP contribution in [-0.2, 0) is 17.4 Å². The SMILES string of the molecule is CC(=[OH+])/C=C(/C)O.CC(=[OH+])/C=C(/C)O.CCC[N-]CC[NH-].[Cr+5]. The molecule has 0 amide bonds. The van der Waals surface area contributed by atoms with Gasteiger partial charge in [0.25, 0.3) is 0 Å². The maximum atomic E-state index is 8.40. The minimum atomic E-state index is 0. The van der Waals surface area contributed by atoms with Crippen molar-refractivity contribution < 1.29 is 37.2 Å². The third kappa shape index (κ3) is 51.0. The van der Waals surface area contributed by atoms with Gasteiger partial charge in [-0.25, -0.2) is 0 Å². The predicted molar refractivity (Wildman–Crippen MR) is 90.6 cm³/mol. The first kappa shape index (κ1) is 29.0. The van der Waals surface area contributed by atoms with Gasteiger partial charge in [-0.2, -0.15) is 13.1 Å². The molecule has 1 radical (unpaired) electrons. The summed E-state index contributed by atoms with van der Waals surface area (Å²) in [7, 11) is 0. The van der Waals surface area contributed by atoms with Gasteiger partial charge in [0.1, 0.15) is 0 Å². The Morgan fingerprint density at radius 2 is 1.32 bits per heavy atom. The third-order valence-electron chi connectivity index (χ3n) is 1.49. The molecule has 0 bridgehead atoms. The van der Waals surface area contributed by atoms with E-state index >= 15 is 0 Å². The summed E-state index contributed by atoms with van der Waals surface area (Å²) in [4.78, 5) is 16.8. The van der Waals surface area contributed by atoms with E-state index in [0.29, 0.717) is 13.1 Å². The fourth-order valence-electron chi connectivity index (χ4n) is 0.954. The van der Waals surface area contributed by atoms with Crippen LogP contribution in [0.4, 0.5) is 0 Å². The number of rotatable bonds is 6. The fourth-order valence-corrected chi connectivity index (χ4v) is 0.954. The molecule has 0 spiro atoms. The number of aliphatic hydroxyl groups excluding tert-OH is 2. The number of aliphatic hydroxyl groups is 2. The predicted octanol–water partition coefficient (Wildman–Crippen LogP) is 3.85. The van der Waals surface area contributed by atoms with Crippen molar-refractivity contribution >= 4 is 11.6 Å². The molecule has 0 aromatic carbocycles. The van der Waals surface area contributed by atoms with Gasteiger partial charge in [-0.15, -0.1) is 6.54 Å². The van der Waals surface area contributed by atoms with Crippen molar-refractivity contribution in [1.82, 2.24) is 0 Å². The molecule has 0 atom stereocenters. The van der Waals surface area contributed by atoms with Crippen LogP contribution >= 0.6 is 0 Å². The number of allylic oxidation sites excluding steroid dienone is 4. The second kappa shape index (κ2) is 22.2. The van der Waals surface area contributed by atoms with Gasteiger partial charge in [0.15, 0.2) is 0 Å². The second-order valence-electron chi connectivity index (χ2n) is 4.28. The van der Waals surface area contributed by atoms with Gasteiger partial charge in [-0.1, -0.05) is 13.3 Å². The van der Waals surface area contributed by atoms with Crippen LogP contribution in [0.25, 0.3) is 11.1 Å². The maximum Gasteiger partial charge on any atom is 5.00 e. The van der Waals surface area contributed by atoms with E-state index < -0.39 is 0 Å². The van der Waals surface area contributed by atoms with E-state index in [1.807, 2.05) is 0 Å². The number of carbonyl (C=O) groups excluding carboxylic acids is 2. The molecule has 0 aromatic rings. The van der Waals surface area contributed by atoms with Gasteiger partial charge in [0, 0.05) is 0 Å². The first-order valence-corrected chi connectivity index (χ1v) is 6.74. The third-order valence-corrected chi connectivity index (χ3v) is 1.49. The average molecular weight is 354 g/mol. The van der Waals surface area contributed by atoms with Gasteiger partial charge in [0.05, 0.1) is 37.5 Å². The largest absolute Gasteiger partial charge is 5.00 e. The first-order valence-electron chi connectivity index (χ1n) is 6.74. The van der Waals surface area contributed by atoms with Crippen LogP contribution in [0.1, 0.15) is 41.0 Å². The minimum Gasteiger partial charge on any atom is -0.679 e. The molecule has 0 aromatic heterocycles. The zero-order valence-corrected chi connectivity index (χ0v) is 15.4. The van der Waals surface area contributed by atoms with Gasteiger partial charge >= 0.3 is 28.9 Å². The molecule has 0 saturated carbocycles. The molecule has 22 heavy (non-hydrogen) atoms. The van der Waals surface area contributed by atoms with Crippen LogP contribution in [0.15, 0.2) is 23.7 Å². The van der Waals surface area contributed by atoms with E-state index in [1.54, 1.807) is 0 Å². The van der Waals surface area contributed by atoms with Crippen molar-refractivity contribution in [1.29, 1.82) is 0 Å². The van der Waals surface area contributed by atoms with Gasteiger partial charge < -0.3 is 21.3 Å². The Labute approximate surface area is 144 Å². The van der Waals surface area contributed by atoms with Gasteiger partial charge in [-0.05, 0) is 13.8 Å². The van der Waals surface area contributed by atoms with E-state index in [9.17, 15) is 0 Å². The second-order valence-corrected chi connectivity index (χ2v) is 4.28. The summed E-state index contributed by atoms with van der Waals surface area (Å²) in [5.74, 6) is 0.500. The van der Waals surface area contributed by atoms with Gasteiger partial charge in [0.2, 0.25) is 0 Å². The van der Waals surface area contributed by atoms with Crippen molar-refractivity contribution in [3.63, 3.8) is 0 Å². The summed E-state index contributed by atoms with van der Waals surface area (Å²) in [5, 5.41) is 20.8. The fraction of sp³-hybridized carbons (Fsp3) is 0.600. The van der Waals surface area contributed by atoms with Crippen LogP contribution in [0.5, 0.6) is 0 Å². The van der Waals surface area contributed by atoms with Crippen LogP contribution in [0, 0.1) is 0 Å². The van der Waals surface area contributed by atoms with E-state index in [-0.39, 0.29) is 40.4 Å². The van der Waals surface area contributed by atoms with Gasteiger partial charge in [-0.3, -0.25) is 9.59 Å². The summed E-state index contributed by atoms with van der Waals surface area (Å²) in [6.07, 6.45) is 3.67. The summed E-state index contributed by atoms with van der Waals surface area (Å²) in [5.41, 5.74) is 6.69. The van der Waals surface area contributed by atoms with Crippen molar-refractivity contribution in [2.75, 3.05) is 19.6 Å². The summed E-state index contributed by atoms with van der Waals surface area (Å²) in [6.45, 7) is 10.2. The van der Waals surface area contributed by atoms with Crippen molar-refractivity contribution in [2.45, 2.75) is 41.0 Å². The summed E-state index contributed by atoms with van der Waals surface area (Å²) >= 11 is 0. The van der Waals surface area contributed by atoms with Crippen LogP contribution in [-0.4, -0.2) is 51.0 Å². The van der Waals surface area contributed by atoms with E-state index in [2.05, 4.69) is 12.2 Å². The molecule has 0 heterocycles. The molecule has 125 valence electrons. The first-order chi connectivity index (χ1) is 9.67. The van der Waals surface area contributed by atoms with Crippen molar-refractivity contribution in [2.24, 2.45) is 0 Å². The van der Waals surface area contributed by atoms with Crippen LogP contribution in [0.2, 0.25) is 0 Å². The van der Waals surface area contributed by atoms with Crippen molar-refractivity contribution in [3.05, 3.63) is 34.7 Å². The maximum absolute atomic E-state index is 8.40. The van der Waals surface area contributed by atoms with E-state index in [4.69, 9.17) is 25.5 Å². The number of ketones is 2. The Hall–Kier alpha value is -1.13. The monoisotopic (exact) mass is 354 g/mol. The molecule has 0 aliphatic carbocycles. The minimum absolute atomic E-state index is 0. The smallest absolute Gasteiger partial charge is 0.679 e. The van der Waals surface area contributed by atoms with E-state index in [0.717, 1.165) is 13.0 Å². The van der Waals surface area contributed by atoms with E-state index in [1.165, 1.54) is 39.8 Å². The Morgan fingerprint density at radius 1 is 0.955 bits per heavy atom. The summed E-state index contributed by atoms with van der Waals surface area (Å²) < 4.78 is 0. The number of nitrogens with one attached hydrogen (secondary N) is 1. The topological polar surface area (TPSA) is 121 Å². The molecule has 0 aliphatic rings. The quantitative estimate of drug-likeness (QED) is 0.326. The zero-order chi connectivity index (χ0) is 17.3. The summed E-state index contributed by atoms with van der Waals surface area (Å²) in [6, 6.07) is 0. The molecule has 0 fully saturated rings. The molecule has 6 nitrogen and oxygen atoms in total. The normalized spacial score (nSPS) is 10.3. The molecular weight excluding hydrogens is 324 g/mol. The molecule has 7 heteroatoms. The zero-order valence-electron chi connectivity index (χ0n) is 14.1. The standard InChI is InChI=1S/C5H12N2.2C5H8O2.Cr/c1-2-4-7-5-3-6;2*1-4(6)3-5(2)7;/h6H,2-5H2,1H3;2*3,6H,1-2H3;/q-2;;;+5/p+2/b;2*4-3-;. The molecule has 0 saturated heterocycles. The number of hydrogen-bond acceptors (Lipinski definition) is 2. The average Bonchev–Trinajstić information content (AvgIpc) is 2.27. The molecule has 0 aliphatic heterocycles. The van der Waals surface area contributed by atoms with Crippen molar-refractivity contribution in [3.8, 4) is 0 Å². The Morgan fingerprint density at radius 3 is 1.45 bits per heavy atom. The Kier molecular flexibility index (Phi) is 29.2. The Bertz CT molecular complexity index is 302. The number of nitrogens with zero attached hydrogens (tertiary/aromatic N) is 1. The molecular formula is C15H30CrN2O4+5. The number of hydrogen-bond donors (Lipinski definition) is 2. The van der Waals surface area contributed by atoms with Crippen LogP contribution in [0.3, 0.4) is 0 Å². The molecule has 5 N–H and O–H groups in total. The molecule has 0 unspecified atom stereocenters. The Balaban J connectivity index is -0.000000108. The molecule has 0 rings (SSSR count).